The van der Waals surface area contributed by atoms with E-state index >= 15 is 0 Å². The molecule has 2 aromatic heterocycles. The fraction of sp³-hybridized carbons (Fsp3) is 0.440. The van der Waals surface area contributed by atoms with Gasteiger partial charge in [0.1, 0.15) is 11.9 Å². The van der Waals surface area contributed by atoms with E-state index in [0.29, 0.717) is 46.6 Å². The summed E-state index contributed by atoms with van der Waals surface area (Å²) in [7, 11) is 1.52. The lowest BCUT2D eigenvalue weighted by atomic mass is 9.80. The zero-order valence-corrected chi connectivity index (χ0v) is 20.3. The van der Waals surface area contributed by atoms with Crippen LogP contribution in [0.25, 0.3) is 11.0 Å². The van der Waals surface area contributed by atoms with Gasteiger partial charge in [-0.1, -0.05) is 12.1 Å². The number of methoxy groups -OCH3 is 1. The lowest BCUT2D eigenvalue weighted by Crippen LogP contribution is -2.37. The lowest BCUT2D eigenvalue weighted by Gasteiger charge is -2.34. The quantitative estimate of drug-likeness (QED) is 0.391. The van der Waals surface area contributed by atoms with Gasteiger partial charge >= 0.3 is 0 Å². The third-order valence-electron chi connectivity index (χ3n) is 6.79. The number of ether oxygens (including phenoxy) is 1. The number of amides is 1. The van der Waals surface area contributed by atoms with E-state index in [1.165, 1.54) is 25.1 Å². The molecule has 1 aliphatic carbocycles. The summed E-state index contributed by atoms with van der Waals surface area (Å²) < 4.78 is 5.18. The van der Waals surface area contributed by atoms with Crippen LogP contribution in [0.2, 0.25) is 0 Å². The van der Waals surface area contributed by atoms with Crippen molar-refractivity contribution in [3.8, 4) is 5.88 Å². The number of rotatable bonds is 7. The van der Waals surface area contributed by atoms with E-state index in [1.807, 2.05) is 24.3 Å². The van der Waals surface area contributed by atoms with Crippen molar-refractivity contribution in [2.75, 3.05) is 18.2 Å². The average Bonchev–Trinajstić information content (AvgIpc) is 2.90. The molecule has 0 radical (unpaired) electrons. The largest absolute Gasteiger partial charge is 0.480 e. The van der Waals surface area contributed by atoms with Crippen LogP contribution in [0.1, 0.15) is 43.0 Å². The zero-order valence-electron chi connectivity index (χ0n) is 19.5. The van der Waals surface area contributed by atoms with Gasteiger partial charge in [0.05, 0.1) is 46.8 Å². The van der Waals surface area contributed by atoms with E-state index in [9.17, 15) is 15.0 Å². The molecule has 5 rings (SSSR count). The van der Waals surface area contributed by atoms with Crippen molar-refractivity contribution in [3.05, 3.63) is 47.8 Å². The molecule has 0 bridgehead atoms. The third kappa shape index (κ3) is 5.25. The number of anilines is 1. The fourth-order valence-corrected chi connectivity index (χ4v) is 5.59. The molecule has 10 heteroatoms. The Kier molecular flexibility index (Phi) is 7.14. The van der Waals surface area contributed by atoms with Crippen molar-refractivity contribution in [1.82, 2.24) is 20.3 Å². The molecule has 0 saturated heterocycles. The second-order valence-corrected chi connectivity index (χ2v) is 10.1. The number of aliphatic hydroxyl groups excluding tert-OH is 2. The molecule has 9 nitrogen and oxygen atoms in total. The molecule has 4 N–H and O–H groups in total. The van der Waals surface area contributed by atoms with Crippen LogP contribution in [0.15, 0.2) is 41.4 Å². The molecule has 1 amide bonds. The first-order valence-electron chi connectivity index (χ1n) is 11.8. The molecular weight excluding hydrogens is 466 g/mol. The van der Waals surface area contributed by atoms with Crippen LogP contribution in [0.3, 0.4) is 0 Å². The third-order valence-corrected chi connectivity index (χ3v) is 7.84. The van der Waals surface area contributed by atoms with Crippen LogP contribution >= 0.6 is 11.8 Å². The monoisotopic (exact) mass is 495 g/mol. The van der Waals surface area contributed by atoms with E-state index in [4.69, 9.17) is 4.74 Å². The van der Waals surface area contributed by atoms with Gasteiger partial charge in [-0.3, -0.25) is 4.79 Å². The highest BCUT2D eigenvalue weighted by atomic mass is 32.2. The summed E-state index contributed by atoms with van der Waals surface area (Å²) in [6, 6.07) is 9.73. The molecule has 1 saturated carbocycles. The van der Waals surface area contributed by atoms with Crippen LogP contribution in [-0.4, -0.2) is 56.1 Å². The Bertz CT molecular complexity index is 1220. The summed E-state index contributed by atoms with van der Waals surface area (Å²) in [6.07, 6.45) is 3.00. The molecule has 1 aliphatic heterocycles. The van der Waals surface area contributed by atoms with Crippen LogP contribution in [0.5, 0.6) is 5.88 Å². The first-order chi connectivity index (χ1) is 17.0. The Labute approximate surface area is 207 Å². The minimum atomic E-state index is -1.05. The Morgan fingerprint density at radius 3 is 2.80 bits per heavy atom. The lowest BCUT2D eigenvalue weighted by molar-refractivity contribution is -0.113. The van der Waals surface area contributed by atoms with Gasteiger partial charge in [-0.15, -0.1) is 11.8 Å². The second-order valence-electron chi connectivity index (χ2n) is 9.04. The van der Waals surface area contributed by atoms with E-state index < -0.39 is 12.2 Å². The normalized spacial score (nSPS) is 21.7. The van der Waals surface area contributed by atoms with E-state index in [2.05, 4.69) is 25.6 Å². The van der Waals surface area contributed by atoms with Crippen molar-refractivity contribution < 1.29 is 19.7 Å². The molecule has 0 unspecified atom stereocenters. The molecule has 184 valence electrons. The summed E-state index contributed by atoms with van der Waals surface area (Å²) >= 11 is 1.50. The van der Waals surface area contributed by atoms with Crippen molar-refractivity contribution in [2.45, 2.75) is 55.4 Å². The number of aliphatic hydroxyl groups is 2. The van der Waals surface area contributed by atoms with Crippen LogP contribution in [0, 0.1) is 5.92 Å². The number of para-hydroxylation sites is 1. The molecule has 1 aromatic carbocycles. The Morgan fingerprint density at radius 1 is 1.17 bits per heavy atom. The summed E-state index contributed by atoms with van der Waals surface area (Å²) in [5.74, 6) is 1.41. The molecule has 0 spiro atoms. The van der Waals surface area contributed by atoms with Gasteiger partial charge in [-0.05, 0) is 49.8 Å². The van der Waals surface area contributed by atoms with E-state index in [-0.39, 0.29) is 11.8 Å². The van der Waals surface area contributed by atoms with Gasteiger partial charge < -0.3 is 25.6 Å². The predicted molar refractivity (Wildman–Crippen MR) is 133 cm³/mol. The highest BCUT2D eigenvalue weighted by molar-refractivity contribution is 8.00. The summed E-state index contributed by atoms with van der Waals surface area (Å²) in [5.41, 5.74) is 2.64. The van der Waals surface area contributed by atoms with Gasteiger partial charge in [0.2, 0.25) is 11.8 Å². The van der Waals surface area contributed by atoms with E-state index in [0.717, 1.165) is 36.3 Å². The Morgan fingerprint density at radius 2 is 2.00 bits per heavy atom. The van der Waals surface area contributed by atoms with Gasteiger partial charge in [0, 0.05) is 18.2 Å². The molecule has 2 atom stereocenters. The van der Waals surface area contributed by atoms with Gasteiger partial charge in [0.25, 0.3) is 0 Å². The van der Waals surface area contributed by atoms with Crippen LogP contribution in [0.4, 0.5) is 5.82 Å². The fourth-order valence-electron chi connectivity index (χ4n) is 4.83. The van der Waals surface area contributed by atoms with Crippen molar-refractivity contribution in [3.63, 3.8) is 0 Å². The molecule has 3 heterocycles. The van der Waals surface area contributed by atoms with E-state index in [1.54, 1.807) is 6.07 Å². The minimum Gasteiger partial charge on any atom is -0.480 e. The zero-order chi connectivity index (χ0) is 24.4. The number of nitrogens with zero attached hydrogens (tertiary/aromatic N) is 3. The maximum atomic E-state index is 11.6. The summed E-state index contributed by atoms with van der Waals surface area (Å²) in [4.78, 5) is 26.0. The first-order valence-corrected chi connectivity index (χ1v) is 12.8. The number of pyridine rings is 1. The van der Waals surface area contributed by atoms with Gasteiger partial charge in [0.15, 0.2) is 0 Å². The highest BCUT2D eigenvalue weighted by Crippen LogP contribution is 2.35. The standard InChI is InChI=1S/C25H29N5O4S/c1-34-21-12-27-18-4-2-3-17(22(18)30-21)24(33)23(32)14-5-7-15(8-6-14)26-11-16-9-10-19-25(28-16)29-20(31)13-35-19/h2-4,9-10,12,14-15,23-24,26,32-33H,5-8,11,13H2,1H3,(H,28,29,31)/t14-,15-,23-,24-/m1/s1. The second kappa shape index (κ2) is 10.4. The molecule has 35 heavy (non-hydrogen) atoms. The molecule has 1 fully saturated rings. The van der Waals surface area contributed by atoms with Crippen LogP contribution in [-0.2, 0) is 11.3 Å². The number of carbonyl (C=O) groups is 1. The van der Waals surface area contributed by atoms with Crippen LogP contribution < -0.4 is 15.4 Å². The maximum Gasteiger partial charge on any atom is 0.235 e. The summed E-state index contributed by atoms with van der Waals surface area (Å²) in [6.45, 7) is 0.616. The van der Waals surface area contributed by atoms with Crippen molar-refractivity contribution >= 4 is 34.5 Å². The summed E-state index contributed by atoms with van der Waals surface area (Å²) in [5, 5.41) is 28.4. The number of fused-ring (bicyclic) bond motifs is 2. The number of aromatic nitrogens is 3. The minimum absolute atomic E-state index is 0.00835. The smallest absolute Gasteiger partial charge is 0.235 e. The van der Waals surface area contributed by atoms with Crippen molar-refractivity contribution in [1.29, 1.82) is 0 Å². The number of hydrogen-bond acceptors (Lipinski definition) is 9. The number of carbonyl (C=O) groups excluding carboxylic acids is 1. The highest BCUT2D eigenvalue weighted by Gasteiger charge is 2.32. The topological polar surface area (TPSA) is 129 Å². The van der Waals surface area contributed by atoms with Crippen molar-refractivity contribution in [2.24, 2.45) is 5.92 Å². The maximum absolute atomic E-state index is 11.6. The number of benzene rings is 1. The first kappa shape index (κ1) is 23.9. The average molecular weight is 496 g/mol. The number of hydrogen-bond donors (Lipinski definition) is 4. The predicted octanol–water partition coefficient (Wildman–Crippen LogP) is 2.82. The molecule has 2 aliphatic rings. The number of nitrogens with one attached hydrogen (secondary N) is 2. The SMILES string of the molecule is COc1cnc2cccc([C@@H](O)[C@H](O)[C@H]3CC[C@H](NCc4ccc5c(n4)NC(=O)CS5)CC3)c2n1. The van der Waals surface area contributed by atoms with Gasteiger partial charge in [-0.2, -0.15) is 0 Å². The number of thioether (sulfide) groups is 1. The van der Waals surface area contributed by atoms with Gasteiger partial charge in [-0.25, -0.2) is 15.0 Å². The molecule has 3 aromatic rings. The molecular formula is C25H29N5O4S. The Balaban J connectivity index is 1.17. The Hall–Kier alpha value is -2.79.